The third kappa shape index (κ3) is 1.59. The molecular formula is C15H14N2O2. The molecule has 4 rings (SSSR count). The van der Waals surface area contributed by atoms with Crippen molar-refractivity contribution in [3.63, 3.8) is 0 Å². The van der Waals surface area contributed by atoms with Gasteiger partial charge < -0.3 is 10.1 Å². The van der Waals surface area contributed by atoms with Gasteiger partial charge in [0.1, 0.15) is 5.82 Å². The molecule has 4 nitrogen and oxygen atoms in total. The van der Waals surface area contributed by atoms with Crippen molar-refractivity contribution in [2.75, 3.05) is 0 Å². The number of nitrogens with one attached hydrogen (secondary N) is 1. The van der Waals surface area contributed by atoms with E-state index >= 15 is 0 Å². The van der Waals surface area contributed by atoms with Crippen LogP contribution in [0.25, 0.3) is 11.0 Å². The van der Waals surface area contributed by atoms with E-state index in [0.717, 1.165) is 23.3 Å². The number of benzene rings is 1. The molecule has 0 radical (unpaired) electrons. The van der Waals surface area contributed by atoms with Gasteiger partial charge in [-0.3, -0.25) is 0 Å². The maximum absolute atomic E-state index is 11.0. The lowest BCUT2D eigenvalue weighted by Gasteiger charge is -2.14. The predicted molar refractivity (Wildman–Crippen MR) is 71.1 cm³/mol. The van der Waals surface area contributed by atoms with Crippen molar-refractivity contribution in [3.05, 3.63) is 41.7 Å². The first-order valence-electron chi connectivity index (χ1n) is 6.62. The molecule has 4 heteroatoms. The van der Waals surface area contributed by atoms with Crippen LogP contribution >= 0.6 is 0 Å². The van der Waals surface area contributed by atoms with Gasteiger partial charge in [0.2, 0.25) is 0 Å². The number of imidazole rings is 1. The van der Waals surface area contributed by atoms with Gasteiger partial charge in [-0.2, -0.15) is 0 Å². The second kappa shape index (κ2) is 3.70. The lowest BCUT2D eigenvalue weighted by molar-refractivity contribution is 0.0697. The lowest BCUT2D eigenvalue weighted by Crippen LogP contribution is -2.06. The molecule has 3 atom stereocenters. The zero-order chi connectivity index (χ0) is 13.0. The fraction of sp³-hybridized carbons (Fsp3) is 0.333. The molecule has 0 unspecified atom stereocenters. The van der Waals surface area contributed by atoms with Crippen molar-refractivity contribution in [3.8, 4) is 0 Å². The van der Waals surface area contributed by atoms with Crippen molar-refractivity contribution < 1.29 is 9.90 Å². The number of rotatable bonds is 2. The Bertz CT molecular complexity index is 701. The number of aromatic amines is 1. The highest BCUT2D eigenvalue weighted by Gasteiger charge is 2.38. The van der Waals surface area contributed by atoms with E-state index in [1.807, 2.05) is 0 Å². The van der Waals surface area contributed by atoms with Gasteiger partial charge in [-0.1, -0.05) is 12.2 Å². The number of carboxylic acids is 1. The number of carbonyl (C=O) groups is 1. The second-order valence-corrected chi connectivity index (χ2v) is 5.55. The molecular weight excluding hydrogens is 240 g/mol. The average Bonchev–Trinajstić information content (AvgIpc) is 3.11. The van der Waals surface area contributed by atoms with Crippen molar-refractivity contribution in [2.45, 2.75) is 18.8 Å². The molecule has 0 spiro atoms. The number of hydrogen-bond donors (Lipinski definition) is 2. The fourth-order valence-corrected chi connectivity index (χ4v) is 3.43. The van der Waals surface area contributed by atoms with Gasteiger partial charge in [-0.15, -0.1) is 0 Å². The monoisotopic (exact) mass is 254 g/mol. The van der Waals surface area contributed by atoms with E-state index in [1.54, 1.807) is 18.2 Å². The van der Waals surface area contributed by atoms with Crippen LogP contribution in [0.5, 0.6) is 0 Å². The molecule has 2 N–H and O–H groups in total. The minimum absolute atomic E-state index is 0.301. The van der Waals surface area contributed by atoms with Gasteiger partial charge in [0, 0.05) is 5.92 Å². The summed E-state index contributed by atoms with van der Waals surface area (Å²) in [7, 11) is 0. The normalized spacial score (nSPS) is 28.3. The number of nitrogens with zero attached hydrogens (tertiary/aromatic N) is 1. The molecule has 2 bridgehead atoms. The fourth-order valence-electron chi connectivity index (χ4n) is 3.43. The molecule has 0 amide bonds. The van der Waals surface area contributed by atoms with Gasteiger partial charge >= 0.3 is 5.97 Å². The summed E-state index contributed by atoms with van der Waals surface area (Å²) < 4.78 is 0. The van der Waals surface area contributed by atoms with Crippen molar-refractivity contribution in [1.82, 2.24) is 9.97 Å². The standard InChI is InChI=1S/C15H14N2O2/c18-15(19)10-3-4-12-13(7-10)17-14(16-12)11-6-8-1-2-9(11)5-8/h1-4,7-9,11H,5-6H2,(H,16,17)(H,18,19)/t8-,9+,11+/m0/s1. The Labute approximate surface area is 110 Å². The van der Waals surface area contributed by atoms with Crippen LogP contribution in [-0.4, -0.2) is 21.0 Å². The molecule has 0 aliphatic heterocycles. The lowest BCUT2D eigenvalue weighted by atomic mass is 9.93. The van der Waals surface area contributed by atoms with E-state index in [9.17, 15) is 4.79 Å². The SMILES string of the molecule is O=C(O)c1ccc2nc([C@@H]3C[C@H]4C=C[C@@H]3C4)[nH]c2c1. The van der Waals surface area contributed by atoms with Crippen LogP contribution in [0.3, 0.4) is 0 Å². The second-order valence-electron chi connectivity index (χ2n) is 5.55. The number of aromatic nitrogens is 2. The summed E-state index contributed by atoms with van der Waals surface area (Å²) in [5.74, 6) is 1.88. The van der Waals surface area contributed by atoms with Gasteiger partial charge in [-0.05, 0) is 42.9 Å². The van der Waals surface area contributed by atoms with Crippen LogP contribution in [0.4, 0.5) is 0 Å². The van der Waals surface area contributed by atoms with Crippen LogP contribution < -0.4 is 0 Å². The van der Waals surface area contributed by atoms with E-state index in [4.69, 9.17) is 5.11 Å². The zero-order valence-electron chi connectivity index (χ0n) is 10.3. The number of allylic oxidation sites excluding steroid dienone is 2. The molecule has 0 saturated heterocycles. The van der Waals surface area contributed by atoms with E-state index in [1.165, 1.54) is 6.42 Å². The maximum atomic E-state index is 11.0. The summed E-state index contributed by atoms with van der Waals surface area (Å²) in [5, 5.41) is 9.01. The number of carboxylic acid groups (broad SMARTS) is 1. The summed E-state index contributed by atoms with van der Waals surface area (Å²) in [5.41, 5.74) is 1.98. The molecule has 1 aromatic carbocycles. The molecule has 2 aromatic rings. The molecule has 96 valence electrons. The van der Waals surface area contributed by atoms with Crippen molar-refractivity contribution in [1.29, 1.82) is 0 Å². The number of H-pyrrole nitrogens is 1. The Morgan fingerprint density at radius 1 is 1.32 bits per heavy atom. The molecule has 1 fully saturated rings. The van der Waals surface area contributed by atoms with Crippen LogP contribution in [0.15, 0.2) is 30.4 Å². The first kappa shape index (κ1) is 10.8. The highest BCUT2D eigenvalue weighted by atomic mass is 16.4. The summed E-state index contributed by atoms with van der Waals surface area (Å²) in [6, 6.07) is 5.05. The van der Waals surface area contributed by atoms with Crippen molar-refractivity contribution in [2.24, 2.45) is 11.8 Å². The third-order valence-corrected chi connectivity index (χ3v) is 4.38. The smallest absolute Gasteiger partial charge is 0.335 e. The van der Waals surface area contributed by atoms with Gasteiger partial charge in [0.05, 0.1) is 16.6 Å². The highest BCUT2D eigenvalue weighted by molar-refractivity contribution is 5.92. The first-order chi connectivity index (χ1) is 9.20. The molecule has 1 heterocycles. The largest absolute Gasteiger partial charge is 0.478 e. The number of hydrogen-bond acceptors (Lipinski definition) is 2. The highest BCUT2D eigenvalue weighted by Crippen LogP contribution is 2.48. The van der Waals surface area contributed by atoms with E-state index in [2.05, 4.69) is 22.1 Å². The zero-order valence-corrected chi connectivity index (χ0v) is 10.3. The van der Waals surface area contributed by atoms with Crippen molar-refractivity contribution >= 4 is 17.0 Å². The molecule has 1 saturated carbocycles. The number of fused-ring (bicyclic) bond motifs is 3. The quantitative estimate of drug-likeness (QED) is 0.810. The minimum atomic E-state index is -0.902. The van der Waals surface area contributed by atoms with Crippen LogP contribution in [0, 0.1) is 11.8 Å². The molecule has 2 aliphatic carbocycles. The van der Waals surface area contributed by atoms with Gasteiger partial charge in [0.25, 0.3) is 0 Å². The van der Waals surface area contributed by atoms with Crippen LogP contribution in [0.1, 0.15) is 34.9 Å². The van der Waals surface area contributed by atoms with E-state index in [0.29, 0.717) is 23.3 Å². The van der Waals surface area contributed by atoms with E-state index < -0.39 is 5.97 Å². The Morgan fingerprint density at radius 2 is 2.21 bits per heavy atom. The van der Waals surface area contributed by atoms with Crippen LogP contribution in [0.2, 0.25) is 0 Å². The van der Waals surface area contributed by atoms with Crippen LogP contribution in [-0.2, 0) is 0 Å². The Balaban J connectivity index is 1.76. The van der Waals surface area contributed by atoms with E-state index in [-0.39, 0.29) is 0 Å². The third-order valence-electron chi connectivity index (χ3n) is 4.38. The number of aromatic carboxylic acids is 1. The Morgan fingerprint density at radius 3 is 2.89 bits per heavy atom. The summed E-state index contributed by atoms with van der Waals surface area (Å²) >= 11 is 0. The summed E-state index contributed by atoms with van der Waals surface area (Å²) in [6.45, 7) is 0. The summed E-state index contributed by atoms with van der Waals surface area (Å²) in [4.78, 5) is 18.9. The average molecular weight is 254 g/mol. The topological polar surface area (TPSA) is 66.0 Å². The van der Waals surface area contributed by atoms with Gasteiger partial charge in [-0.25, -0.2) is 9.78 Å². The first-order valence-corrected chi connectivity index (χ1v) is 6.62. The molecule has 1 aromatic heterocycles. The predicted octanol–water partition coefficient (Wildman–Crippen LogP) is 2.94. The van der Waals surface area contributed by atoms with Gasteiger partial charge in [0.15, 0.2) is 0 Å². The Hall–Kier alpha value is -2.10. The maximum Gasteiger partial charge on any atom is 0.335 e. The molecule has 2 aliphatic rings. The minimum Gasteiger partial charge on any atom is -0.478 e. The summed E-state index contributed by atoms with van der Waals surface area (Å²) in [6.07, 6.45) is 7.01. The molecule has 19 heavy (non-hydrogen) atoms. The Kier molecular flexibility index (Phi) is 2.10.